The first-order valence-corrected chi connectivity index (χ1v) is 5.55. The van der Waals surface area contributed by atoms with Gasteiger partial charge in [-0.25, -0.2) is 0 Å². The third-order valence-corrected chi connectivity index (χ3v) is 2.27. The van der Waals surface area contributed by atoms with Crippen LogP contribution in [0.4, 0.5) is 17.6 Å². The molecule has 0 amide bonds. The second-order valence-corrected chi connectivity index (χ2v) is 3.78. The third-order valence-electron chi connectivity index (χ3n) is 2.27. The van der Waals surface area contributed by atoms with E-state index in [-0.39, 0.29) is 36.0 Å². The normalized spacial score (nSPS) is 11.2. The van der Waals surface area contributed by atoms with Gasteiger partial charge < -0.3 is 4.39 Å². The average Bonchev–Trinajstić information content (AvgIpc) is 2.14. The Kier molecular flexibility index (Phi) is 14.5. The topological polar surface area (TPSA) is 0 Å². The van der Waals surface area contributed by atoms with Crippen LogP contribution in [-0.2, 0) is 0 Å². The van der Waals surface area contributed by atoms with Crippen LogP contribution < -0.4 is 29.6 Å². The van der Waals surface area contributed by atoms with Gasteiger partial charge in [0.15, 0.2) is 0 Å². The van der Waals surface area contributed by atoms with Crippen molar-refractivity contribution in [1.29, 1.82) is 0 Å². The monoisotopic (exact) mass is 250 g/mol. The summed E-state index contributed by atoms with van der Waals surface area (Å²) in [6.45, 7) is 0.656. The van der Waals surface area contributed by atoms with Gasteiger partial charge in [-0.2, -0.15) is 26.3 Å². The molecule has 0 rings (SSSR count). The van der Waals surface area contributed by atoms with Crippen LogP contribution in [0.1, 0.15) is 57.8 Å². The second kappa shape index (κ2) is 12.2. The molecule has 92 valence electrons. The smallest absolute Gasteiger partial charge is 0.459 e. The Hall–Kier alpha value is 0.720. The van der Waals surface area contributed by atoms with Crippen LogP contribution in [0.3, 0.4) is 0 Å². The summed E-state index contributed by atoms with van der Waals surface area (Å²) < 4.78 is 46.7. The van der Waals surface area contributed by atoms with Crippen LogP contribution in [0.15, 0.2) is 0 Å². The number of halogens is 4. The third kappa shape index (κ3) is 17.1. The summed E-state index contributed by atoms with van der Waals surface area (Å²) in [6.07, 6.45) is 1.35. The van der Waals surface area contributed by atoms with Crippen molar-refractivity contribution in [2.75, 3.05) is 0 Å². The van der Waals surface area contributed by atoms with E-state index in [4.69, 9.17) is 0 Å². The molecule has 0 aromatic rings. The van der Waals surface area contributed by atoms with Crippen LogP contribution in [0.25, 0.3) is 0 Å². The molecule has 0 heterocycles. The van der Waals surface area contributed by atoms with Crippen LogP contribution in [-0.4, -0.2) is 6.18 Å². The molecule has 0 aromatic carbocycles. The minimum Gasteiger partial charge on any atom is -0.459 e. The fourth-order valence-corrected chi connectivity index (χ4v) is 1.43. The zero-order chi connectivity index (χ0) is 11.6. The molecule has 0 atom stereocenters. The van der Waals surface area contributed by atoms with Gasteiger partial charge in [0.2, 0.25) is 0 Å². The number of unbranched alkanes of at least 4 members (excludes halogenated alkanes) is 7. The van der Waals surface area contributed by atoms with E-state index in [1.165, 1.54) is 0 Å². The van der Waals surface area contributed by atoms with E-state index >= 15 is 0 Å². The Morgan fingerprint density at radius 1 is 0.750 bits per heavy atom. The summed E-state index contributed by atoms with van der Waals surface area (Å²) in [5.41, 5.74) is 0. The minimum absolute atomic E-state index is 0. The first-order valence-electron chi connectivity index (χ1n) is 5.55. The van der Waals surface area contributed by atoms with Crippen molar-refractivity contribution in [2.45, 2.75) is 64.0 Å². The summed E-state index contributed by atoms with van der Waals surface area (Å²) in [5.74, 6) is 0. The largest absolute Gasteiger partial charge is 1.00 e. The Balaban J connectivity index is 0. The number of rotatable bonds is 9. The molecule has 16 heavy (non-hydrogen) atoms. The first kappa shape index (κ1) is 19.1. The van der Waals surface area contributed by atoms with E-state index in [0.717, 1.165) is 32.1 Å². The Morgan fingerprint density at radius 2 is 1.19 bits per heavy atom. The van der Waals surface area contributed by atoms with Crippen LogP contribution in [0.5, 0.6) is 0 Å². The Bertz CT molecular complexity index is 136. The predicted molar refractivity (Wildman–Crippen MR) is 53.0 cm³/mol. The molecule has 0 nitrogen and oxygen atoms in total. The molecule has 0 N–H and O–H groups in total. The maximum absolute atomic E-state index is 11.7. The van der Waals surface area contributed by atoms with Gasteiger partial charge >= 0.3 is 35.7 Å². The maximum Gasteiger partial charge on any atom is 1.00 e. The van der Waals surface area contributed by atoms with Gasteiger partial charge in [0, 0.05) is 6.42 Å². The van der Waals surface area contributed by atoms with Gasteiger partial charge in [0.1, 0.15) is 0 Å². The van der Waals surface area contributed by atoms with Gasteiger partial charge in [0.25, 0.3) is 0 Å². The molecular weight excluding hydrogens is 231 g/mol. The quantitative estimate of drug-likeness (QED) is 0.255. The van der Waals surface area contributed by atoms with E-state index in [9.17, 15) is 17.6 Å². The molecule has 0 fully saturated rings. The van der Waals surface area contributed by atoms with Gasteiger partial charge in [-0.1, -0.05) is 38.5 Å². The van der Waals surface area contributed by atoms with Gasteiger partial charge in [-0.15, -0.1) is 0 Å². The molecule has 0 saturated carbocycles. The van der Waals surface area contributed by atoms with Crippen molar-refractivity contribution in [3.05, 3.63) is 6.67 Å². The zero-order valence-corrected chi connectivity index (χ0v) is 12.0. The molecule has 0 saturated heterocycles. The number of hydrogen-bond donors (Lipinski definition) is 0. The van der Waals surface area contributed by atoms with Crippen molar-refractivity contribution in [3.8, 4) is 0 Å². The van der Waals surface area contributed by atoms with E-state index in [0.29, 0.717) is 19.5 Å². The van der Waals surface area contributed by atoms with Crippen molar-refractivity contribution in [2.24, 2.45) is 0 Å². The van der Waals surface area contributed by atoms with E-state index in [1.54, 1.807) is 0 Å². The fraction of sp³-hybridized carbons (Fsp3) is 0.909. The molecular formula is C11H19F4Na. The zero-order valence-electron chi connectivity index (χ0n) is 9.95. The first-order chi connectivity index (χ1) is 7.06. The molecule has 0 aliphatic heterocycles. The summed E-state index contributed by atoms with van der Waals surface area (Å²) >= 11 is 0. The van der Waals surface area contributed by atoms with Gasteiger partial charge in [0.05, 0.1) is 0 Å². The second-order valence-electron chi connectivity index (χ2n) is 3.78. The summed E-state index contributed by atoms with van der Waals surface area (Å²) in [6, 6.07) is 0. The summed E-state index contributed by atoms with van der Waals surface area (Å²) in [7, 11) is 0. The molecule has 0 aliphatic rings. The minimum atomic E-state index is -4.00. The molecule has 0 radical (unpaired) electrons. The number of alkyl halides is 3. The van der Waals surface area contributed by atoms with Gasteiger partial charge in [-0.3, -0.25) is 0 Å². The van der Waals surface area contributed by atoms with E-state index < -0.39 is 12.6 Å². The Morgan fingerprint density at radius 3 is 1.62 bits per heavy atom. The summed E-state index contributed by atoms with van der Waals surface area (Å²) in [4.78, 5) is 0. The SMILES string of the molecule is F[CH-]CCCCCCCCCC(F)(F)F.[Na+]. The predicted octanol–water partition coefficient (Wildman–Crippen LogP) is 2.19. The summed E-state index contributed by atoms with van der Waals surface area (Å²) in [5, 5.41) is 0. The molecule has 0 aliphatic carbocycles. The van der Waals surface area contributed by atoms with Crippen LogP contribution >= 0.6 is 0 Å². The molecule has 0 aromatic heterocycles. The molecule has 0 bridgehead atoms. The number of hydrogen-bond acceptors (Lipinski definition) is 0. The average molecular weight is 250 g/mol. The Labute approximate surface area is 117 Å². The van der Waals surface area contributed by atoms with E-state index in [1.807, 2.05) is 0 Å². The van der Waals surface area contributed by atoms with Crippen LogP contribution in [0, 0.1) is 6.67 Å². The van der Waals surface area contributed by atoms with Crippen LogP contribution in [0.2, 0.25) is 0 Å². The van der Waals surface area contributed by atoms with Crippen molar-refractivity contribution >= 4 is 0 Å². The van der Waals surface area contributed by atoms with E-state index in [2.05, 4.69) is 0 Å². The molecule has 0 unspecified atom stereocenters. The molecule has 5 heteroatoms. The van der Waals surface area contributed by atoms with Gasteiger partial charge in [-0.05, 0) is 6.42 Å². The van der Waals surface area contributed by atoms with Crippen molar-refractivity contribution in [3.63, 3.8) is 0 Å². The fourth-order valence-electron chi connectivity index (χ4n) is 1.43. The standard InChI is InChI=1S/C11H19F4.Na/c12-10-8-6-4-2-1-3-5-7-9-11(13,14)15;/h10H,1-9H2;/q-1;+1. The molecule has 0 spiro atoms. The van der Waals surface area contributed by atoms with Crippen molar-refractivity contribution in [1.82, 2.24) is 0 Å². The van der Waals surface area contributed by atoms with Crippen molar-refractivity contribution < 1.29 is 47.1 Å². The maximum atomic E-state index is 11.7.